The van der Waals surface area contributed by atoms with Gasteiger partial charge in [-0.2, -0.15) is 4.68 Å². The molecule has 1 aromatic carbocycles. The molecule has 2 unspecified atom stereocenters. The van der Waals surface area contributed by atoms with Crippen molar-refractivity contribution in [2.24, 2.45) is 5.92 Å². The van der Waals surface area contributed by atoms with Gasteiger partial charge in [-0.25, -0.2) is 4.98 Å². The fourth-order valence-electron chi connectivity index (χ4n) is 4.04. The van der Waals surface area contributed by atoms with Gasteiger partial charge in [-0.3, -0.25) is 14.5 Å². The van der Waals surface area contributed by atoms with Gasteiger partial charge in [0.1, 0.15) is 11.1 Å². The molecule has 154 valence electrons. The molecule has 1 fully saturated rings. The Morgan fingerprint density at radius 1 is 1.38 bits per heavy atom. The highest BCUT2D eigenvalue weighted by Gasteiger charge is 2.44. The number of benzene rings is 1. The predicted octanol–water partition coefficient (Wildman–Crippen LogP) is 3.48. The number of halogens is 1. The van der Waals surface area contributed by atoms with E-state index >= 15 is 0 Å². The second-order valence-corrected chi connectivity index (χ2v) is 9.32. The van der Waals surface area contributed by atoms with Gasteiger partial charge in [0.2, 0.25) is 0 Å². The summed E-state index contributed by atoms with van der Waals surface area (Å²) in [5.74, 6) is 0.384. The van der Waals surface area contributed by atoms with Crippen molar-refractivity contribution in [3.8, 4) is 0 Å². The van der Waals surface area contributed by atoms with E-state index in [0.29, 0.717) is 17.6 Å². The van der Waals surface area contributed by atoms with E-state index in [2.05, 4.69) is 43.0 Å². The van der Waals surface area contributed by atoms with Crippen LogP contribution < -0.4 is 0 Å². The molecule has 2 aliphatic heterocycles. The van der Waals surface area contributed by atoms with Crippen LogP contribution in [0.15, 0.2) is 33.9 Å². The number of thioether (sulfide) groups is 1. The van der Waals surface area contributed by atoms with Crippen LogP contribution in [0, 0.1) is 12.8 Å². The van der Waals surface area contributed by atoms with Crippen LogP contribution in [0.3, 0.4) is 0 Å². The van der Waals surface area contributed by atoms with Gasteiger partial charge < -0.3 is 4.74 Å². The van der Waals surface area contributed by atoms with Gasteiger partial charge in [0, 0.05) is 4.47 Å². The normalized spacial score (nSPS) is 21.2. The first-order valence-corrected chi connectivity index (χ1v) is 11.5. The number of aryl methyl sites for hydroxylation is 1. The molecule has 0 bridgehead atoms. The topological polar surface area (TPSA) is 77.3 Å². The first-order valence-electron chi connectivity index (χ1n) is 9.78. The number of piperidine rings is 1. The molecule has 2 aliphatic rings. The van der Waals surface area contributed by atoms with Crippen LogP contribution >= 0.6 is 27.7 Å². The summed E-state index contributed by atoms with van der Waals surface area (Å²) in [5.41, 5.74) is 1.07. The number of ether oxygens (including phenoxy) is 1. The summed E-state index contributed by atoms with van der Waals surface area (Å²) >= 11 is 5.03. The summed E-state index contributed by atoms with van der Waals surface area (Å²) in [6.45, 7) is 5.50. The SMILES string of the molecule is CCOC(=O)C1CCN(C(c2cccc(Br)c2)C2Sc3nc(C)nn3C2=O)CC1. The van der Waals surface area contributed by atoms with Gasteiger partial charge in [-0.1, -0.05) is 39.8 Å². The van der Waals surface area contributed by atoms with E-state index in [9.17, 15) is 9.59 Å². The average molecular weight is 479 g/mol. The number of aromatic nitrogens is 3. The quantitative estimate of drug-likeness (QED) is 0.608. The Morgan fingerprint density at radius 2 is 2.14 bits per heavy atom. The highest BCUT2D eigenvalue weighted by Crippen LogP contribution is 2.42. The molecular weight excluding hydrogens is 456 g/mol. The van der Waals surface area contributed by atoms with Gasteiger partial charge in [0.15, 0.2) is 5.16 Å². The maximum Gasteiger partial charge on any atom is 0.309 e. The zero-order chi connectivity index (χ0) is 20.5. The van der Waals surface area contributed by atoms with Crippen LogP contribution in [0.4, 0.5) is 0 Å². The Kier molecular flexibility index (Phi) is 6.08. The van der Waals surface area contributed by atoms with Gasteiger partial charge >= 0.3 is 5.97 Å². The molecule has 3 heterocycles. The number of carbonyl (C=O) groups is 2. The van der Waals surface area contributed by atoms with E-state index < -0.39 is 0 Å². The average Bonchev–Trinajstić information content (AvgIpc) is 3.20. The largest absolute Gasteiger partial charge is 0.466 e. The first-order chi connectivity index (χ1) is 14.0. The molecule has 1 saturated heterocycles. The van der Waals surface area contributed by atoms with Crippen molar-refractivity contribution in [1.82, 2.24) is 19.7 Å². The molecule has 7 nitrogen and oxygen atoms in total. The molecular formula is C20H23BrN4O3S. The Labute approximate surface area is 182 Å². The zero-order valence-electron chi connectivity index (χ0n) is 16.4. The van der Waals surface area contributed by atoms with Crippen LogP contribution in [-0.4, -0.2) is 56.5 Å². The zero-order valence-corrected chi connectivity index (χ0v) is 18.8. The maximum atomic E-state index is 13.1. The lowest BCUT2D eigenvalue weighted by atomic mass is 9.93. The van der Waals surface area contributed by atoms with Crippen molar-refractivity contribution < 1.29 is 14.3 Å². The molecule has 0 radical (unpaired) electrons. The Balaban J connectivity index is 1.59. The summed E-state index contributed by atoms with van der Waals surface area (Å²) in [6, 6.07) is 7.98. The molecule has 0 amide bonds. The second kappa shape index (κ2) is 8.57. The lowest BCUT2D eigenvalue weighted by Gasteiger charge is -2.38. The van der Waals surface area contributed by atoms with Crippen molar-refractivity contribution in [3.63, 3.8) is 0 Å². The van der Waals surface area contributed by atoms with E-state index in [4.69, 9.17) is 4.74 Å². The summed E-state index contributed by atoms with van der Waals surface area (Å²) in [5, 5.41) is 4.59. The number of likely N-dealkylation sites (tertiary alicyclic amines) is 1. The number of esters is 1. The number of nitrogens with zero attached hydrogens (tertiary/aromatic N) is 4. The third-order valence-electron chi connectivity index (χ3n) is 5.39. The number of fused-ring (bicyclic) bond motifs is 1. The highest BCUT2D eigenvalue weighted by molar-refractivity contribution is 9.10. The number of hydrogen-bond donors (Lipinski definition) is 0. The van der Waals surface area contributed by atoms with E-state index in [1.54, 1.807) is 6.92 Å². The lowest BCUT2D eigenvalue weighted by molar-refractivity contribution is -0.149. The Bertz CT molecular complexity index is 926. The second-order valence-electron chi connectivity index (χ2n) is 7.29. The van der Waals surface area contributed by atoms with Crippen LogP contribution in [0.2, 0.25) is 0 Å². The fraction of sp³-hybridized carbons (Fsp3) is 0.500. The highest BCUT2D eigenvalue weighted by atomic mass is 79.9. The molecule has 9 heteroatoms. The lowest BCUT2D eigenvalue weighted by Crippen LogP contribution is -2.44. The maximum absolute atomic E-state index is 13.1. The van der Waals surface area contributed by atoms with Crippen molar-refractivity contribution in [2.75, 3.05) is 19.7 Å². The van der Waals surface area contributed by atoms with Gasteiger partial charge in [-0.05, 0) is 57.5 Å². The van der Waals surface area contributed by atoms with Crippen molar-refractivity contribution >= 4 is 39.6 Å². The number of hydrogen-bond acceptors (Lipinski definition) is 7. The predicted molar refractivity (Wildman–Crippen MR) is 113 cm³/mol. The minimum Gasteiger partial charge on any atom is -0.466 e. The first kappa shape index (κ1) is 20.6. The molecule has 0 saturated carbocycles. The molecule has 1 aromatic heterocycles. The fourth-order valence-corrected chi connectivity index (χ4v) is 5.76. The van der Waals surface area contributed by atoms with Crippen LogP contribution in [-0.2, 0) is 9.53 Å². The van der Waals surface area contributed by atoms with E-state index in [1.165, 1.54) is 16.4 Å². The molecule has 2 atom stereocenters. The summed E-state index contributed by atoms with van der Waals surface area (Å²) in [7, 11) is 0. The van der Waals surface area contributed by atoms with Crippen LogP contribution in [0.25, 0.3) is 0 Å². The summed E-state index contributed by atoms with van der Waals surface area (Å²) in [4.78, 5) is 32.0. The minimum absolute atomic E-state index is 0.0388. The van der Waals surface area contributed by atoms with E-state index in [-0.39, 0.29) is 29.1 Å². The summed E-state index contributed by atoms with van der Waals surface area (Å²) in [6.07, 6.45) is 1.47. The Morgan fingerprint density at radius 3 is 2.79 bits per heavy atom. The van der Waals surface area contributed by atoms with Crippen molar-refractivity contribution in [1.29, 1.82) is 0 Å². The van der Waals surface area contributed by atoms with Gasteiger partial charge in [0.25, 0.3) is 5.91 Å². The number of rotatable bonds is 5. The molecule has 29 heavy (non-hydrogen) atoms. The third kappa shape index (κ3) is 4.13. The van der Waals surface area contributed by atoms with Gasteiger partial charge in [0.05, 0.1) is 18.6 Å². The van der Waals surface area contributed by atoms with Gasteiger partial charge in [-0.15, -0.1) is 5.10 Å². The molecule has 0 aliphatic carbocycles. The minimum atomic E-state index is -0.320. The smallest absolute Gasteiger partial charge is 0.309 e. The molecule has 2 aromatic rings. The van der Waals surface area contributed by atoms with E-state index in [1.807, 2.05) is 19.1 Å². The van der Waals surface area contributed by atoms with Crippen LogP contribution in [0.1, 0.15) is 42.0 Å². The van der Waals surface area contributed by atoms with E-state index in [0.717, 1.165) is 36.0 Å². The van der Waals surface area contributed by atoms with Crippen molar-refractivity contribution in [3.05, 3.63) is 40.1 Å². The molecule has 4 rings (SSSR count). The monoisotopic (exact) mass is 478 g/mol. The summed E-state index contributed by atoms with van der Waals surface area (Å²) < 4.78 is 7.60. The van der Waals surface area contributed by atoms with Crippen LogP contribution in [0.5, 0.6) is 0 Å². The third-order valence-corrected chi connectivity index (χ3v) is 7.07. The Hall–Kier alpha value is -1.71. The number of carbonyl (C=O) groups excluding carboxylic acids is 2. The standard InChI is InChI=1S/C20H23BrN4O3S/c1-3-28-19(27)13-7-9-24(10-8-13)16(14-5-4-6-15(21)11-14)17-18(26)25-20(29-17)22-12(2)23-25/h4-6,11,13,16-17H,3,7-10H2,1-2H3. The van der Waals surface area contributed by atoms with Crippen molar-refractivity contribution in [2.45, 2.75) is 43.1 Å². The molecule has 0 spiro atoms. The molecule has 0 N–H and O–H groups in total.